The number of aryl methyl sites for hydroxylation is 1. The molecule has 3 rings (SSSR count). The van der Waals surface area contributed by atoms with Gasteiger partial charge in [0, 0.05) is 24.0 Å². The van der Waals surface area contributed by atoms with Crippen LogP contribution in [0.15, 0.2) is 42.5 Å². The molecule has 0 atom stereocenters. The van der Waals surface area contributed by atoms with Gasteiger partial charge in [-0.15, -0.1) is 0 Å². The lowest BCUT2D eigenvalue weighted by atomic mass is 10.0. The number of carbonyl (C=O) groups is 3. The van der Waals surface area contributed by atoms with Gasteiger partial charge in [0.1, 0.15) is 5.41 Å². The van der Waals surface area contributed by atoms with Gasteiger partial charge in [-0.3, -0.25) is 14.4 Å². The third kappa shape index (κ3) is 4.00. The summed E-state index contributed by atoms with van der Waals surface area (Å²) in [6.07, 6.45) is 1.05. The van der Waals surface area contributed by atoms with Gasteiger partial charge < -0.3 is 16.0 Å². The van der Waals surface area contributed by atoms with Crippen LogP contribution in [0.25, 0.3) is 0 Å². The van der Waals surface area contributed by atoms with Gasteiger partial charge in [0.25, 0.3) is 0 Å². The molecule has 6 nitrogen and oxygen atoms in total. The van der Waals surface area contributed by atoms with E-state index in [-0.39, 0.29) is 17.7 Å². The first-order chi connectivity index (χ1) is 12.8. The van der Waals surface area contributed by atoms with Crippen LogP contribution in [0, 0.1) is 19.3 Å². The number of amides is 3. The SMILES string of the molecule is CC(=O)Nc1ccc(NC(=O)C2(C(=O)Nc3cccc(C)c3C)CC2)cc1. The van der Waals surface area contributed by atoms with Gasteiger partial charge in [-0.25, -0.2) is 0 Å². The van der Waals surface area contributed by atoms with Crippen LogP contribution in [0.1, 0.15) is 30.9 Å². The van der Waals surface area contributed by atoms with Crippen molar-refractivity contribution < 1.29 is 14.4 Å². The lowest BCUT2D eigenvalue weighted by molar-refractivity contribution is -0.131. The summed E-state index contributed by atoms with van der Waals surface area (Å²) < 4.78 is 0. The number of benzene rings is 2. The Kier molecular flexibility index (Phi) is 4.99. The van der Waals surface area contributed by atoms with Gasteiger partial charge in [-0.1, -0.05) is 12.1 Å². The smallest absolute Gasteiger partial charge is 0.240 e. The predicted octanol–water partition coefficient (Wildman–Crippen LogP) is 3.62. The van der Waals surface area contributed by atoms with Crippen LogP contribution in [0.2, 0.25) is 0 Å². The van der Waals surface area contributed by atoms with Gasteiger partial charge in [-0.05, 0) is 68.1 Å². The molecule has 6 heteroatoms. The van der Waals surface area contributed by atoms with Crippen LogP contribution in [-0.4, -0.2) is 17.7 Å². The summed E-state index contributed by atoms with van der Waals surface area (Å²) in [5.74, 6) is -0.743. The molecule has 0 unspecified atom stereocenters. The Hall–Kier alpha value is -3.15. The second-order valence-corrected chi connectivity index (χ2v) is 7.00. The normalized spacial score (nSPS) is 14.2. The van der Waals surface area contributed by atoms with Crippen molar-refractivity contribution in [1.29, 1.82) is 0 Å². The van der Waals surface area contributed by atoms with E-state index in [1.807, 2.05) is 32.0 Å². The summed E-state index contributed by atoms with van der Waals surface area (Å²) in [5.41, 5.74) is 3.02. The van der Waals surface area contributed by atoms with E-state index in [0.29, 0.717) is 24.2 Å². The maximum Gasteiger partial charge on any atom is 0.240 e. The Bertz CT molecular complexity index is 899. The molecule has 3 N–H and O–H groups in total. The van der Waals surface area contributed by atoms with Gasteiger partial charge in [0.15, 0.2) is 0 Å². The minimum atomic E-state index is -1.02. The molecule has 0 radical (unpaired) electrons. The van der Waals surface area contributed by atoms with Gasteiger partial charge in [-0.2, -0.15) is 0 Å². The van der Waals surface area contributed by atoms with Crippen LogP contribution in [0.4, 0.5) is 17.1 Å². The van der Waals surface area contributed by atoms with Crippen molar-refractivity contribution in [2.24, 2.45) is 5.41 Å². The van der Waals surface area contributed by atoms with Crippen LogP contribution < -0.4 is 16.0 Å². The third-order valence-electron chi connectivity index (χ3n) is 4.94. The highest BCUT2D eigenvalue weighted by Gasteiger charge is 2.56. The molecule has 2 aromatic rings. The molecule has 0 spiro atoms. The zero-order chi connectivity index (χ0) is 19.6. The molecule has 0 aliphatic heterocycles. The number of hydrogen-bond acceptors (Lipinski definition) is 3. The third-order valence-corrected chi connectivity index (χ3v) is 4.94. The van der Waals surface area contributed by atoms with E-state index < -0.39 is 5.41 Å². The Labute approximate surface area is 158 Å². The van der Waals surface area contributed by atoms with E-state index in [9.17, 15) is 14.4 Å². The van der Waals surface area contributed by atoms with Crippen molar-refractivity contribution in [2.75, 3.05) is 16.0 Å². The first-order valence-electron chi connectivity index (χ1n) is 8.88. The highest BCUT2D eigenvalue weighted by Crippen LogP contribution is 2.47. The molecule has 0 saturated heterocycles. The molecule has 1 aliphatic rings. The maximum absolute atomic E-state index is 12.7. The van der Waals surface area contributed by atoms with E-state index in [2.05, 4.69) is 16.0 Å². The molecule has 1 saturated carbocycles. The molecule has 1 aliphatic carbocycles. The molecule has 0 aromatic heterocycles. The van der Waals surface area contributed by atoms with Crippen molar-refractivity contribution in [3.63, 3.8) is 0 Å². The fourth-order valence-electron chi connectivity index (χ4n) is 2.90. The minimum Gasteiger partial charge on any atom is -0.326 e. The molecular weight excluding hydrogens is 342 g/mol. The molecule has 0 bridgehead atoms. The molecule has 2 aromatic carbocycles. The quantitative estimate of drug-likeness (QED) is 0.707. The van der Waals surface area contributed by atoms with Gasteiger partial charge >= 0.3 is 0 Å². The molecular formula is C21H23N3O3. The van der Waals surface area contributed by atoms with E-state index in [4.69, 9.17) is 0 Å². The number of rotatable bonds is 5. The molecule has 0 heterocycles. The molecule has 1 fully saturated rings. The topological polar surface area (TPSA) is 87.3 Å². The fraction of sp³-hybridized carbons (Fsp3) is 0.286. The molecule has 140 valence electrons. The summed E-state index contributed by atoms with van der Waals surface area (Å²) in [6, 6.07) is 12.5. The Morgan fingerprint density at radius 3 is 1.93 bits per heavy atom. The summed E-state index contributed by atoms with van der Waals surface area (Å²) in [7, 11) is 0. The average Bonchev–Trinajstić information content (AvgIpc) is 3.42. The first-order valence-corrected chi connectivity index (χ1v) is 8.88. The van der Waals surface area contributed by atoms with Crippen LogP contribution >= 0.6 is 0 Å². The average molecular weight is 365 g/mol. The fourth-order valence-corrected chi connectivity index (χ4v) is 2.90. The number of nitrogens with one attached hydrogen (secondary N) is 3. The second kappa shape index (κ2) is 7.23. The number of carbonyl (C=O) groups excluding carboxylic acids is 3. The summed E-state index contributed by atoms with van der Waals surface area (Å²) in [6.45, 7) is 5.36. The lowest BCUT2D eigenvalue weighted by Crippen LogP contribution is -2.35. The van der Waals surface area contributed by atoms with E-state index in [0.717, 1.165) is 16.8 Å². The minimum absolute atomic E-state index is 0.160. The summed E-state index contributed by atoms with van der Waals surface area (Å²) >= 11 is 0. The summed E-state index contributed by atoms with van der Waals surface area (Å²) in [4.78, 5) is 36.5. The monoisotopic (exact) mass is 365 g/mol. The first kappa shape index (κ1) is 18.6. The Balaban J connectivity index is 1.68. The van der Waals surface area contributed by atoms with Crippen LogP contribution in [-0.2, 0) is 14.4 Å². The number of anilines is 3. The van der Waals surface area contributed by atoms with Gasteiger partial charge in [0.2, 0.25) is 17.7 Å². The van der Waals surface area contributed by atoms with Crippen molar-refractivity contribution >= 4 is 34.8 Å². The van der Waals surface area contributed by atoms with Crippen molar-refractivity contribution in [2.45, 2.75) is 33.6 Å². The lowest BCUT2D eigenvalue weighted by Gasteiger charge is -2.17. The zero-order valence-corrected chi connectivity index (χ0v) is 15.7. The Morgan fingerprint density at radius 2 is 1.37 bits per heavy atom. The van der Waals surface area contributed by atoms with E-state index >= 15 is 0 Å². The van der Waals surface area contributed by atoms with E-state index in [1.54, 1.807) is 24.3 Å². The van der Waals surface area contributed by atoms with Crippen molar-refractivity contribution in [3.8, 4) is 0 Å². The van der Waals surface area contributed by atoms with Gasteiger partial charge in [0.05, 0.1) is 0 Å². The highest BCUT2D eigenvalue weighted by atomic mass is 16.2. The molecule has 27 heavy (non-hydrogen) atoms. The largest absolute Gasteiger partial charge is 0.326 e. The highest BCUT2D eigenvalue weighted by molar-refractivity contribution is 6.17. The zero-order valence-electron chi connectivity index (χ0n) is 15.7. The van der Waals surface area contributed by atoms with Crippen molar-refractivity contribution in [1.82, 2.24) is 0 Å². The van der Waals surface area contributed by atoms with Crippen LogP contribution in [0.3, 0.4) is 0 Å². The summed E-state index contributed by atoms with van der Waals surface area (Å²) in [5, 5.41) is 8.38. The standard InChI is InChI=1S/C21H23N3O3/c1-13-5-4-6-18(14(13)2)24-20(27)21(11-12-21)19(26)23-17-9-7-16(8-10-17)22-15(3)25/h4-10H,11-12H2,1-3H3,(H,22,25)(H,23,26)(H,24,27). The predicted molar refractivity (Wildman–Crippen MR) is 106 cm³/mol. The van der Waals surface area contributed by atoms with Crippen LogP contribution in [0.5, 0.6) is 0 Å². The van der Waals surface area contributed by atoms with Crippen molar-refractivity contribution in [3.05, 3.63) is 53.6 Å². The van der Waals surface area contributed by atoms with E-state index in [1.165, 1.54) is 6.92 Å². The second-order valence-electron chi connectivity index (χ2n) is 7.00. The number of hydrogen-bond donors (Lipinski definition) is 3. The maximum atomic E-state index is 12.7. The Morgan fingerprint density at radius 1 is 0.815 bits per heavy atom. The molecule has 3 amide bonds.